The van der Waals surface area contributed by atoms with Crippen LogP contribution in [-0.4, -0.2) is 75.1 Å². The summed E-state index contributed by atoms with van der Waals surface area (Å²) in [5, 5.41) is 32.8. The smallest absolute Gasteiger partial charge is 0.336 e. The van der Waals surface area contributed by atoms with Crippen LogP contribution in [0, 0.1) is 5.82 Å². The van der Waals surface area contributed by atoms with Crippen LogP contribution in [0.2, 0.25) is 0 Å². The first-order valence-corrected chi connectivity index (χ1v) is 8.96. The summed E-state index contributed by atoms with van der Waals surface area (Å²) in [7, 11) is 1.55. The number of carboxylic acid groups (broad SMARTS) is 1. The van der Waals surface area contributed by atoms with Crippen molar-refractivity contribution >= 4 is 11.9 Å². The van der Waals surface area contributed by atoms with Crippen LogP contribution < -0.4 is 0 Å². The number of methoxy groups -OCH3 is 1. The highest BCUT2D eigenvalue weighted by molar-refractivity contribution is 5.96. The zero-order valence-electron chi connectivity index (χ0n) is 15.8. The number of rotatable bonds is 7. The number of carbonyl (C=O) groups excluding carboxylic acids is 1. The average molecular weight is 407 g/mol. The summed E-state index contributed by atoms with van der Waals surface area (Å²) in [6.07, 6.45) is -0.0882. The number of nitrogens with zero attached hydrogens (tertiary/aromatic N) is 3. The fourth-order valence-corrected chi connectivity index (χ4v) is 3.24. The quantitative estimate of drug-likeness (QED) is 0.569. The van der Waals surface area contributed by atoms with Gasteiger partial charge in [-0.3, -0.25) is 9.80 Å². The Kier molecular flexibility index (Phi) is 6.16. The number of hydrazine groups is 1. The molecule has 1 fully saturated rings. The molecule has 1 amide bonds. The van der Waals surface area contributed by atoms with E-state index in [2.05, 4.69) is 0 Å². The molecule has 1 aromatic rings. The predicted molar refractivity (Wildman–Crippen MR) is 98.2 cm³/mol. The monoisotopic (exact) mass is 407 g/mol. The third-order valence-electron chi connectivity index (χ3n) is 4.71. The molecule has 0 spiro atoms. The normalized spacial score (nSPS) is 20.0. The molecule has 1 aromatic carbocycles. The molecular formula is C19H22FN3O6. The number of amides is 1. The van der Waals surface area contributed by atoms with Crippen LogP contribution in [0.3, 0.4) is 0 Å². The Balaban J connectivity index is 1.93. The second-order valence-corrected chi connectivity index (χ2v) is 6.72. The molecule has 9 nitrogen and oxygen atoms in total. The van der Waals surface area contributed by atoms with Crippen LogP contribution in [0.4, 0.5) is 4.39 Å². The van der Waals surface area contributed by atoms with E-state index < -0.39 is 35.1 Å². The van der Waals surface area contributed by atoms with Gasteiger partial charge >= 0.3 is 5.97 Å². The topological polar surface area (TPSA) is 114 Å². The molecule has 10 heteroatoms. The lowest BCUT2D eigenvalue weighted by Crippen LogP contribution is -2.58. The Bertz CT molecular complexity index is 854. The Morgan fingerprint density at radius 2 is 2.00 bits per heavy atom. The number of hydrogen-bond acceptors (Lipinski definition) is 7. The van der Waals surface area contributed by atoms with Gasteiger partial charge in [-0.1, -0.05) is 12.1 Å². The number of benzene rings is 1. The lowest BCUT2D eigenvalue weighted by Gasteiger charge is -2.46. The minimum atomic E-state index is -1.81. The van der Waals surface area contributed by atoms with Crippen LogP contribution in [0.5, 0.6) is 0 Å². The van der Waals surface area contributed by atoms with Crippen molar-refractivity contribution in [1.29, 1.82) is 0 Å². The minimum Gasteiger partial charge on any atom is -0.507 e. The van der Waals surface area contributed by atoms with Crippen molar-refractivity contribution in [3.63, 3.8) is 0 Å². The van der Waals surface area contributed by atoms with Crippen LogP contribution >= 0.6 is 0 Å². The molecule has 29 heavy (non-hydrogen) atoms. The molecule has 0 bridgehead atoms. The highest BCUT2D eigenvalue weighted by Gasteiger charge is 2.42. The van der Waals surface area contributed by atoms with Crippen molar-refractivity contribution < 1.29 is 34.0 Å². The minimum absolute atomic E-state index is 0.107. The third kappa shape index (κ3) is 4.24. The molecule has 156 valence electrons. The number of aliphatic hydroxyl groups is 2. The largest absolute Gasteiger partial charge is 0.507 e. The van der Waals surface area contributed by atoms with E-state index in [1.807, 2.05) is 0 Å². The second-order valence-electron chi connectivity index (χ2n) is 6.72. The summed E-state index contributed by atoms with van der Waals surface area (Å²) in [5.74, 6) is -3.10. The maximum absolute atomic E-state index is 13.2. The van der Waals surface area contributed by atoms with E-state index >= 15 is 0 Å². The maximum Gasteiger partial charge on any atom is 0.336 e. The summed E-state index contributed by atoms with van der Waals surface area (Å²) in [6.45, 7) is 1.10. The molecule has 3 N–H and O–H groups in total. The number of carboxylic acids is 1. The number of fused-ring (bicyclic) bond motifs is 1. The van der Waals surface area contributed by atoms with E-state index in [-0.39, 0.29) is 18.9 Å². The summed E-state index contributed by atoms with van der Waals surface area (Å²) in [5.41, 5.74) is 0.0271. The number of halogens is 1. The lowest BCUT2D eigenvalue weighted by molar-refractivity contribution is -0.149. The first kappa shape index (κ1) is 20.8. The molecule has 2 aliphatic rings. The van der Waals surface area contributed by atoms with E-state index in [1.165, 1.54) is 22.0 Å². The molecule has 0 aromatic heterocycles. The molecule has 1 saturated heterocycles. The molecule has 0 saturated carbocycles. The lowest BCUT2D eigenvalue weighted by atomic mass is 10.0. The first-order chi connectivity index (χ1) is 13.8. The Labute approximate surface area is 166 Å². The van der Waals surface area contributed by atoms with Crippen LogP contribution in [0.15, 0.2) is 47.5 Å². The maximum atomic E-state index is 13.2. The van der Waals surface area contributed by atoms with E-state index in [1.54, 1.807) is 24.3 Å². The Morgan fingerprint density at radius 3 is 2.62 bits per heavy atom. The van der Waals surface area contributed by atoms with Crippen molar-refractivity contribution in [3.05, 3.63) is 58.9 Å². The summed E-state index contributed by atoms with van der Waals surface area (Å²) < 4.78 is 18.2. The standard InChI is InChI=1S/C19H22FN3O6/c1-29-8-2-7-22-11-21(9-12-3-5-13(20)6-4-12)18(26)15-17(25)16(24)14(19(27)28)10-23(15)22/h3-6,10,16,24-25H,2,7-9,11H2,1H3,(H,27,28)/t16-/m1/s1. The van der Waals surface area contributed by atoms with Crippen LogP contribution in [0.1, 0.15) is 12.0 Å². The van der Waals surface area contributed by atoms with Gasteiger partial charge in [0.25, 0.3) is 5.91 Å². The molecule has 2 heterocycles. The molecule has 1 atom stereocenters. The third-order valence-corrected chi connectivity index (χ3v) is 4.71. The number of ether oxygens (including phenoxy) is 1. The van der Waals surface area contributed by atoms with Gasteiger partial charge in [-0.2, -0.15) is 5.01 Å². The van der Waals surface area contributed by atoms with Crippen molar-refractivity contribution in [3.8, 4) is 0 Å². The summed E-state index contributed by atoms with van der Waals surface area (Å²) >= 11 is 0. The zero-order chi connectivity index (χ0) is 21.1. The van der Waals surface area contributed by atoms with E-state index in [0.29, 0.717) is 25.1 Å². The summed E-state index contributed by atoms with van der Waals surface area (Å²) in [6, 6.07) is 5.68. The van der Waals surface area contributed by atoms with E-state index in [0.717, 1.165) is 6.20 Å². The van der Waals surface area contributed by atoms with Crippen molar-refractivity contribution in [2.75, 3.05) is 26.9 Å². The van der Waals surface area contributed by atoms with E-state index in [4.69, 9.17) is 4.74 Å². The van der Waals surface area contributed by atoms with E-state index in [9.17, 15) is 29.3 Å². The van der Waals surface area contributed by atoms with Gasteiger partial charge in [0.15, 0.2) is 11.5 Å². The average Bonchev–Trinajstić information content (AvgIpc) is 2.69. The molecule has 0 aliphatic carbocycles. The number of carbonyl (C=O) groups is 2. The Hall–Kier alpha value is -2.95. The number of aliphatic carboxylic acids is 1. The van der Waals surface area contributed by atoms with Gasteiger partial charge in [-0.05, 0) is 24.1 Å². The van der Waals surface area contributed by atoms with Gasteiger partial charge in [0.2, 0.25) is 0 Å². The van der Waals surface area contributed by atoms with Crippen molar-refractivity contribution in [2.24, 2.45) is 0 Å². The van der Waals surface area contributed by atoms with Gasteiger partial charge in [0.05, 0.1) is 12.2 Å². The van der Waals surface area contributed by atoms with Crippen LogP contribution in [-0.2, 0) is 20.9 Å². The molecular weight excluding hydrogens is 385 g/mol. The van der Waals surface area contributed by atoms with Crippen molar-refractivity contribution in [2.45, 2.75) is 19.1 Å². The van der Waals surface area contributed by atoms with Gasteiger partial charge in [-0.15, -0.1) is 0 Å². The number of hydrogen-bond donors (Lipinski definition) is 3. The van der Waals surface area contributed by atoms with Crippen LogP contribution in [0.25, 0.3) is 0 Å². The molecule has 3 rings (SSSR count). The second kappa shape index (κ2) is 8.60. The van der Waals surface area contributed by atoms with Gasteiger partial charge in [0.1, 0.15) is 11.9 Å². The van der Waals surface area contributed by atoms with Gasteiger partial charge in [-0.25, -0.2) is 9.18 Å². The highest BCUT2D eigenvalue weighted by Crippen LogP contribution is 2.31. The Morgan fingerprint density at radius 1 is 1.31 bits per heavy atom. The molecule has 0 radical (unpaired) electrons. The zero-order valence-corrected chi connectivity index (χ0v) is 15.8. The SMILES string of the molecule is COCCCN1CN(Cc2ccc(F)cc2)C(=O)C2=C(O)[C@H](O)C(C(=O)O)=CN21. The van der Waals surface area contributed by atoms with Gasteiger partial charge < -0.3 is 25.0 Å². The first-order valence-electron chi connectivity index (χ1n) is 8.96. The molecule has 0 unspecified atom stereocenters. The fourth-order valence-electron chi connectivity index (χ4n) is 3.24. The van der Waals surface area contributed by atoms with Crippen molar-refractivity contribution in [1.82, 2.24) is 14.9 Å². The summed E-state index contributed by atoms with van der Waals surface area (Å²) in [4.78, 5) is 25.8. The predicted octanol–water partition coefficient (Wildman–Crippen LogP) is 0.793. The van der Waals surface area contributed by atoms with Gasteiger partial charge in [0, 0.05) is 33.0 Å². The highest BCUT2D eigenvalue weighted by atomic mass is 19.1. The fraction of sp³-hybridized carbons (Fsp3) is 0.368. The number of aliphatic hydroxyl groups excluding tert-OH is 2. The molecule has 2 aliphatic heterocycles.